The Morgan fingerprint density at radius 2 is 1.93 bits per heavy atom. The third kappa shape index (κ3) is 5.00. The lowest BCUT2D eigenvalue weighted by Crippen LogP contribution is -2.35. The van der Waals surface area contributed by atoms with Crippen molar-refractivity contribution in [3.05, 3.63) is 23.3 Å². The number of ether oxygens (including phenoxy) is 2. The Kier molecular flexibility index (Phi) is 6.15. The molecule has 9 heteroatoms. The molecule has 0 aromatic heterocycles. The van der Waals surface area contributed by atoms with E-state index < -0.39 is 42.8 Å². The number of fused-ring (bicyclic) bond motifs is 1. The van der Waals surface area contributed by atoms with Gasteiger partial charge in [-0.3, -0.25) is 4.79 Å². The van der Waals surface area contributed by atoms with E-state index in [1.54, 1.807) is 26.8 Å². The predicted molar refractivity (Wildman–Crippen MR) is 95.3 cm³/mol. The number of phenols is 1. The van der Waals surface area contributed by atoms with Crippen molar-refractivity contribution in [1.29, 1.82) is 0 Å². The van der Waals surface area contributed by atoms with Crippen LogP contribution < -0.4 is 4.65 Å². The maximum Gasteiger partial charge on any atom is 0.526 e. The SMILES string of the molecule is CC(=O)C[C@H]1Cc2ccc(O)c(C(=O)OCOC(=O)C(C)(C)C)c2OB1O. The molecule has 1 aromatic rings. The van der Waals surface area contributed by atoms with Crippen LogP contribution in [0.2, 0.25) is 5.82 Å². The summed E-state index contributed by atoms with van der Waals surface area (Å²) >= 11 is 0. The van der Waals surface area contributed by atoms with E-state index in [0.29, 0.717) is 12.0 Å². The zero-order valence-electron chi connectivity index (χ0n) is 15.8. The monoisotopic (exact) mass is 378 g/mol. The van der Waals surface area contributed by atoms with E-state index in [0.717, 1.165) is 0 Å². The molecule has 8 nitrogen and oxygen atoms in total. The first-order valence-electron chi connectivity index (χ1n) is 8.54. The van der Waals surface area contributed by atoms with Crippen LogP contribution in [0.1, 0.15) is 50.0 Å². The first-order valence-corrected chi connectivity index (χ1v) is 8.54. The molecule has 0 bridgehead atoms. The van der Waals surface area contributed by atoms with Gasteiger partial charge in [-0.05, 0) is 45.7 Å². The molecule has 1 atom stereocenters. The van der Waals surface area contributed by atoms with Gasteiger partial charge < -0.3 is 29.1 Å². The summed E-state index contributed by atoms with van der Waals surface area (Å²) in [7, 11) is -1.30. The number of carbonyl (C=O) groups excluding carboxylic acids is 3. The average molecular weight is 378 g/mol. The van der Waals surface area contributed by atoms with Gasteiger partial charge in [0.05, 0.1) is 5.41 Å². The summed E-state index contributed by atoms with van der Waals surface area (Å²) in [4.78, 5) is 35.4. The van der Waals surface area contributed by atoms with Gasteiger partial charge in [-0.1, -0.05) is 6.07 Å². The Bertz CT molecular complexity index is 752. The summed E-state index contributed by atoms with van der Waals surface area (Å²) in [6.45, 7) is 5.77. The van der Waals surface area contributed by atoms with Crippen molar-refractivity contribution in [3.8, 4) is 11.5 Å². The van der Waals surface area contributed by atoms with Crippen molar-refractivity contribution in [3.63, 3.8) is 0 Å². The molecular weight excluding hydrogens is 355 g/mol. The van der Waals surface area contributed by atoms with Crippen LogP contribution in [0.25, 0.3) is 0 Å². The van der Waals surface area contributed by atoms with Crippen molar-refractivity contribution in [2.24, 2.45) is 5.41 Å². The molecule has 1 aliphatic heterocycles. The fraction of sp³-hybridized carbons (Fsp3) is 0.500. The number of ketones is 1. The largest absolute Gasteiger partial charge is 0.535 e. The van der Waals surface area contributed by atoms with Crippen molar-refractivity contribution >= 4 is 24.8 Å². The van der Waals surface area contributed by atoms with Gasteiger partial charge >= 0.3 is 19.1 Å². The third-order valence-electron chi connectivity index (χ3n) is 4.09. The zero-order valence-corrected chi connectivity index (χ0v) is 15.8. The van der Waals surface area contributed by atoms with Gasteiger partial charge in [0.15, 0.2) is 0 Å². The minimum Gasteiger partial charge on any atom is -0.535 e. The van der Waals surface area contributed by atoms with Crippen LogP contribution in [0.4, 0.5) is 0 Å². The highest BCUT2D eigenvalue weighted by Crippen LogP contribution is 2.40. The van der Waals surface area contributed by atoms with Gasteiger partial charge in [-0.25, -0.2) is 4.79 Å². The second kappa shape index (κ2) is 8.00. The number of aromatic hydroxyl groups is 1. The zero-order chi connectivity index (χ0) is 20.4. The lowest BCUT2D eigenvalue weighted by Gasteiger charge is -2.28. The lowest BCUT2D eigenvalue weighted by atomic mass is 9.64. The number of hydrogen-bond acceptors (Lipinski definition) is 8. The summed E-state index contributed by atoms with van der Waals surface area (Å²) in [5, 5.41) is 20.2. The molecule has 2 N–H and O–H groups in total. The molecule has 0 amide bonds. The molecule has 0 saturated heterocycles. The molecule has 0 fully saturated rings. The quantitative estimate of drug-likeness (QED) is 0.453. The number of phenolic OH excluding ortho intramolecular Hbond substituents is 1. The Morgan fingerprint density at radius 1 is 1.26 bits per heavy atom. The van der Waals surface area contributed by atoms with Crippen molar-refractivity contribution in [2.45, 2.75) is 46.4 Å². The van der Waals surface area contributed by atoms with Crippen molar-refractivity contribution < 1.29 is 38.6 Å². The summed E-state index contributed by atoms with van der Waals surface area (Å²) in [6, 6.07) is 2.86. The fourth-order valence-corrected chi connectivity index (χ4v) is 2.68. The molecule has 2 rings (SSSR count). The standard InChI is InChI=1S/C18H23BO8/c1-10(20)7-12-8-11-5-6-13(21)14(15(11)27-19(12)24)16(22)25-9-26-17(23)18(2,3)4/h5-6,12,21,24H,7-9H2,1-4H3/t12-/m0/s1. The van der Waals surface area contributed by atoms with Crippen LogP contribution in [-0.4, -0.2) is 41.8 Å². The molecule has 0 radical (unpaired) electrons. The molecule has 1 aliphatic rings. The first-order chi connectivity index (χ1) is 12.5. The number of benzene rings is 1. The molecule has 0 saturated carbocycles. The average Bonchev–Trinajstić information content (AvgIpc) is 2.54. The smallest absolute Gasteiger partial charge is 0.526 e. The summed E-state index contributed by atoms with van der Waals surface area (Å²) in [5.74, 6) is -2.44. The van der Waals surface area contributed by atoms with E-state index in [-0.39, 0.29) is 23.5 Å². The fourth-order valence-electron chi connectivity index (χ4n) is 2.68. The molecule has 27 heavy (non-hydrogen) atoms. The highest BCUT2D eigenvalue weighted by molar-refractivity contribution is 6.47. The van der Waals surface area contributed by atoms with E-state index in [1.807, 2.05) is 0 Å². The topological polar surface area (TPSA) is 119 Å². The van der Waals surface area contributed by atoms with Crippen LogP contribution in [0.3, 0.4) is 0 Å². The van der Waals surface area contributed by atoms with Gasteiger partial charge in [0.2, 0.25) is 6.79 Å². The van der Waals surface area contributed by atoms with Crippen LogP contribution >= 0.6 is 0 Å². The van der Waals surface area contributed by atoms with Crippen LogP contribution in [-0.2, 0) is 25.5 Å². The summed E-state index contributed by atoms with van der Waals surface area (Å²) in [5.41, 5.74) is -0.457. The van der Waals surface area contributed by atoms with Crippen molar-refractivity contribution in [2.75, 3.05) is 6.79 Å². The van der Waals surface area contributed by atoms with Gasteiger partial charge in [0, 0.05) is 12.2 Å². The second-order valence-electron chi connectivity index (χ2n) is 7.56. The van der Waals surface area contributed by atoms with Gasteiger partial charge in [0.25, 0.3) is 0 Å². The molecule has 0 spiro atoms. The maximum atomic E-state index is 12.3. The molecule has 146 valence electrons. The Morgan fingerprint density at radius 3 is 2.52 bits per heavy atom. The molecule has 1 heterocycles. The van der Waals surface area contributed by atoms with Gasteiger partial charge in [-0.2, -0.15) is 0 Å². The highest BCUT2D eigenvalue weighted by Gasteiger charge is 2.38. The van der Waals surface area contributed by atoms with Crippen LogP contribution in [0, 0.1) is 5.41 Å². The predicted octanol–water partition coefficient (Wildman–Crippen LogP) is 1.86. The van der Waals surface area contributed by atoms with E-state index in [1.165, 1.54) is 13.0 Å². The number of carbonyl (C=O) groups is 3. The molecular formula is C18H23BO8. The summed E-state index contributed by atoms with van der Waals surface area (Å²) < 4.78 is 15.2. The number of Topliss-reactive ketones (excluding diaryl/α,β-unsaturated/α-hetero) is 1. The van der Waals surface area contributed by atoms with E-state index in [2.05, 4.69) is 0 Å². The van der Waals surface area contributed by atoms with Gasteiger partial charge in [-0.15, -0.1) is 0 Å². The van der Waals surface area contributed by atoms with Gasteiger partial charge in [0.1, 0.15) is 22.8 Å². The Labute approximate surface area is 157 Å². The number of hydrogen-bond donors (Lipinski definition) is 2. The second-order valence-corrected chi connectivity index (χ2v) is 7.56. The normalized spacial score (nSPS) is 16.2. The van der Waals surface area contributed by atoms with Crippen molar-refractivity contribution in [1.82, 2.24) is 0 Å². The van der Waals surface area contributed by atoms with E-state index in [4.69, 9.17) is 14.1 Å². The van der Waals surface area contributed by atoms with E-state index in [9.17, 15) is 24.5 Å². The maximum absolute atomic E-state index is 12.3. The molecule has 0 aliphatic carbocycles. The Hall–Kier alpha value is -2.55. The summed E-state index contributed by atoms with van der Waals surface area (Å²) in [6.07, 6.45) is 0.430. The third-order valence-corrected chi connectivity index (χ3v) is 4.09. The minimum atomic E-state index is -1.30. The molecule has 1 aromatic carbocycles. The number of esters is 2. The highest BCUT2D eigenvalue weighted by atomic mass is 16.7. The number of rotatable bonds is 5. The first kappa shape index (κ1) is 20.8. The van der Waals surface area contributed by atoms with E-state index >= 15 is 0 Å². The lowest BCUT2D eigenvalue weighted by molar-refractivity contribution is -0.161. The minimum absolute atomic E-state index is 0.00514. The Balaban J connectivity index is 2.15. The van der Waals surface area contributed by atoms with Crippen LogP contribution in [0.15, 0.2) is 12.1 Å². The van der Waals surface area contributed by atoms with Crippen LogP contribution in [0.5, 0.6) is 11.5 Å². The molecule has 0 unspecified atom stereocenters.